The van der Waals surface area contributed by atoms with Crippen LogP contribution in [0, 0.1) is 0 Å². The summed E-state index contributed by atoms with van der Waals surface area (Å²) in [7, 11) is 0. The number of thiazole rings is 1. The molecule has 1 N–H and O–H groups in total. The van der Waals surface area contributed by atoms with E-state index in [1.807, 2.05) is 12.1 Å². The number of anilines is 1. The van der Waals surface area contributed by atoms with Gasteiger partial charge in [-0.2, -0.15) is 0 Å². The van der Waals surface area contributed by atoms with Gasteiger partial charge in [-0.15, -0.1) is 0 Å². The van der Waals surface area contributed by atoms with Gasteiger partial charge in [-0.05, 0) is 42.2 Å². The van der Waals surface area contributed by atoms with Gasteiger partial charge in [0.15, 0.2) is 5.13 Å². The molecule has 3 aromatic rings. The summed E-state index contributed by atoms with van der Waals surface area (Å²) in [6.45, 7) is 6.39. The molecule has 0 radical (unpaired) electrons. The lowest BCUT2D eigenvalue weighted by Crippen LogP contribution is -2.14. The molecule has 0 atom stereocenters. The zero-order valence-electron chi connectivity index (χ0n) is 15.6. The second kappa shape index (κ2) is 8.31. The van der Waals surface area contributed by atoms with Crippen LogP contribution in [0.2, 0.25) is 0 Å². The Labute approximate surface area is 162 Å². The van der Waals surface area contributed by atoms with E-state index in [4.69, 9.17) is 4.74 Å². The Hall–Kier alpha value is -2.73. The third kappa shape index (κ3) is 4.71. The fraction of sp³-hybridized carbons (Fsp3) is 0.286. The number of fused-ring (bicyclic) bond motifs is 1. The Morgan fingerprint density at radius 3 is 2.56 bits per heavy atom. The van der Waals surface area contributed by atoms with Gasteiger partial charge in [0, 0.05) is 0 Å². The summed E-state index contributed by atoms with van der Waals surface area (Å²) in [6, 6.07) is 13.3. The third-order valence-electron chi connectivity index (χ3n) is 4.16. The second-order valence-corrected chi connectivity index (χ2v) is 7.57. The molecule has 1 amide bonds. The zero-order valence-corrected chi connectivity index (χ0v) is 16.4. The van der Waals surface area contributed by atoms with Crippen LogP contribution in [-0.4, -0.2) is 23.5 Å². The number of nitrogens with one attached hydrogen (secondary N) is 1. The van der Waals surface area contributed by atoms with Crippen LogP contribution in [-0.2, 0) is 16.0 Å². The molecule has 6 heteroatoms. The first-order valence-electron chi connectivity index (χ1n) is 8.92. The Kier molecular flexibility index (Phi) is 5.86. The summed E-state index contributed by atoms with van der Waals surface area (Å²) in [5, 5.41) is 3.37. The summed E-state index contributed by atoms with van der Waals surface area (Å²) in [5.74, 6) is -0.00433. The number of rotatable bonds is 6. The van der Waals surface area contributed by atoms with E-state index in [0.29, 0.717) is 29.6 Å². The van der Waals surface area contributed by atoms with Gasteiger partial charge >= 0.3 is 5.97 Å². The number of hydrogen-bond acceptors (Lipinski definition) is 5. The van der Waals surface area contributed by atoms with E-state index in [1.165, 1.54) is 16.9 Å². The highest BCUT2D eigenvalue weighted by Gasteiger charge is 2.12. The summed E-state index contributed by atoms with van der Waals surface area (Å²) in [5.41, 5.74) is 3.44. The smallest absolute Gasteiger partial charge is 0.338 e. The lowest BCUT2D eigenvalue weighted by atomic mass is 10.0. The fourth-order valence-corrected chi connectivity index (χ4v) is 3.61. The first-order chi connectivity index (χ1) is 13.0. The van der Waals surface area contributed by atoms with Crippen LogP contribution in [0.15, 0.2) is 42.5 Å². The number of hydrogen-bond donors (Lipinski definition) is 1. The molecule has 0 fully saturated rings. The van der Waals surface area contributed by atoms with Crippen molar-refractivity contribution in [2.24, 2.45) is 0 Å². The van der Waals surface area contributed by atoms with Gasteiger partial charge in [0.05, 0.1) is 28.8 Å². The van der Waals surface area contributed by atoms with Crippen molar-refractivity contribution in [3.8, 4) is 0 Å². The highest BCUT2D eigenvalue weighted by Crippen LogP contribution is 2.27. The molecule has 0 unspecified atom stereocenters. The number of esters is 1. The van der Waals surface area contributed by atoms with Gasteiger partial charge in [0.1, 0.15) is 0 Å². The Morgan fingerprint density at radius 2 is 1.89 bits per heavy atom. The Bertz CT molecular complexity index is 961. The van der Waals surface area contributed by atoms with Crippen LogP contribution in [0.1, 0.15) is 48.2 Å². The van der Waals surface area contributed by atoms with Gasteiger partial charge in [0.2, 0.25) is 5.91 Å². The number of ether oxygens (including phenoxy) is 1. The van der Waals surface area contributed by atoms with Crippen LogP contribution in [0.25, 0.3) is 10.2 Å². The fourth-order valence-electron chi connectivity index (χ4n) is 2.69. The van der Waals surface area contributed by atoms with Gasteiger partial charge in [-0.1, -0.05) is 49.4 Å². The molecule has 0 saturated heterocycles. The maximum Gasteiger partial charge on any atom is 0.338 e. The molecule has 0 aliphatic heterocycles. The van der Waals surface area contributed by atoms with E-state index in [-0.39, 0.29) is 11.9 Å². The molecular formula is C21H22N2O3S. The van der Waals surface area contributed by atoms with Crippen LogP contribution >= 0.6 is 11.3 Å². The topological polar surface area (TPSA) is 68.3 Å². The van der Waals surface area contributed by atoms with E-state index < -0.39 is 0 Å². The molecule has 0 saturated carbocycles. The molecule has 0 bridgehead atoms. The molecule has 3 rings (SSSR count). The van der Waals surface area contributed by atoms with Crippen molar-refractivity contribution in [1.82, 2.24) is 4.98 Å². The first-order valence-corrected chi connectivity index (χ1v) is 9.74. The van der Waals surface area contributed by atoms with E-state index in [1.54, 1.807) is 25.1 Å². The molecule has 2 aromatic carbocycles. The number of carbonyl (C=O) groups is 2. The third-order valence-corrected chi connectivity index (χ3v) is 5.09. The average molecular weight is 382 g/mol. The number of amides is 1. The molecule has 0 aliphatic rings. The van der Waals surface area contributed by atoms with Crippen molar-refractivity contribution in [1.29, 1.82) is 0 Å². The van der Waals surface area contributed by atoms with Gasteiger partial charge < -0.3 is 10.1 Å². The predicted octanol–water partition coefficient (Wildman–Crippen LogP) is 4.78. The molecule has 140 valence electrons. The van der Waals surface area contributed by atoms with Crippen molar-refractivity contribution in [3.63, 3.8) is 0 Å². The van der Waals surface area contributed by atoms with Crippen LogP contribution < -0.4 is 5.32 Å². The van der Waals surface area contributed by atoms with Gasteiger partial charge in [-0.25, -0.2) is 9.78 Å². The zero-order chi connectivity index (χ0) is 19.4. The number of aromatic nitrogens is 1. The largest absolute Gasteiger partial charge is 0.462 e. The minimum atomic E-state index is -0.358. The number of nitrogens with zero attached hydrogens (tertiary/aromatic N) is 1. The van der Waals surface area contributed by atoms with E-state index in [0.717, 1.165) is 15.8 Å². The predicted molar refractivity (Wildman–Crippen MR) is 108 cm³/mol. The SMILES string of the molecule is CCOC(=O)c1ccc2nc(NC(=O)Cc3ccc(C(C)C)cc3)sc2c1. The highest BCUT2D eigenvalue weighted by atomic mass is 32.1. The monoisotopic (exact) mass is 382 g/mol. The van der Waals surface area contributed by atoms with Crippen molar-refractivity contribution < 1.29 is 14.3 Å². The number of carbonyl (C=O) groups excluding carboxylic acids is 2. The maximum absolute atomic E-state index is 12.3. The molecule has 5 nitrogen and oxygen atoms in total. The normalized spacial score (nSPS) is 11.0. The lowest BCUT2D eigenvalue weighted by molar-refractivity contribution is -0.115. The standard InChI is InChI=1S/C21H22N2O3S/c1-4-26-20(25)16-9-10-17-18(12-16)27-21(22-17)23-19(24)11-14-5-7-15(8-6-14)13(2)3/h5-10,12-13H,4,11H2,1-3H3,(H,22,23,24). The quantitative estimate of drug-likeness (QED) is 0.623. The summed E-state index contributed by atoms with van der Waals surface area (Å²) >= 11 is 1.34. The highest BCUT2D eigenvalue weighted by molar-refractivity contribution is 7.22. The van der Waals surface area contributed by atoms with E-state index >= 15 is 0 Å². The van der Waals surface area contributed by atoms with Crippen LogP contribution in [0.3, 0.4) is 0 Å². The molecular weight excluding hydrogens is 360 g/mol. The molecule has 1 aromatic heterocycles. The van der Waals surface area contributed by atoms with Crippen molar-refractivity contribution in [3.05, 3.63) is 59.2 Å². The van der Waals surface area contributed by atoms with Crippen molar-refractivity contribution >= 4 is 38.6 Å². The average Bonchev–Trinajstić information content (AvgIpc) is 3.03. The Morgan fingerprint density at radius 1 is 1.15 bits per heavy atom. The first kappa shape index (κ1) is 19.0. The summed E-state index contributed by atoms with van der Waals surface area (Å²) < 4.78 is 5.84. The molecule has 0 aliphatic carbocycles. The Balaban J connectivity index is 1.68. The van der Waals surface area contributed by atoms with Crippen molar-refractivity contribution in [2.75, 3.05) is 11.9 Å². The summed E-state index contributed by atoms with van der Waals surface area (Å²) in [4.78, 5) is 28.6. The molecule has 27 heavy (non-hydrogen) atoms. The minimum absolute atomic E-state index is 0.114. The van der Waals surface area contributed by atoms with Crippen LogP contribution in [0.5, 0.6) is 0 Å². The van der Waals surface area contributed by atoms with Crippen LogP contribution in [0.4, 0.5) is 5.13 Å². The molecule has 0 spiro atoms. The van der Waals surface area contributed by atoms with E-state index in [2.05, 4.69) is 36.3 Å². The lowest BCUT2D eigenvalue weighted by Gasteiger charge is -2.06. The van der Waals surface area contributed by atoms with E-state index in [9.17, 15) is 9.59 Å². The van der Waals surface area contributed by atoms with Gasteiger partial charge in [0.25, 0.3) is 0 Å². The summed E-state index contributed by atoms with van der Waals surface area (Å²) in [6.07, 6.45) is 0.294. The minimum Gasteiger partial charge on any atom is -0.462 e. The maximum atomic E-state index is 12.3. The van der Waals surface area contributed by atoms with Gasteiger partial charge in [-0.3, -0.25) is 4.79 Å². The second-order valence-electron chi connectivity index (χ2n) is 6.54. The molecule has 1 heterocycles. The number of benzene rings is 2. The van der Waals surface area contributed by atoms with Crippen molar-refractivity contribution in [2.45, 2.75) is 33.1 Å².